The maximum Gasteiger partial charge on any atom is 0.220 e. The molecule has 0 bridgehead atoms. The second-order valence-corrected chi connectivity index (χ2v) is 5.07. The van der Waals surface area contributed by atoms with E-state index in [1.807, 2.05) is 13.1 Å². The second-order valence-electron chi connectivity index (χ2n) is 5.07. The summed E-state index contributed by atoms with van der Waals surface area (Å²) in [5, 5.41) is 3.33. The lowest BCUT2D eigenvalue weighted by atomic mass is 10.1. The molecule has 1 aromatic carbocycles. The lowest BCUT2D eigenvalue weighted by molar-refractivity contribution is 0.617. The summed E-state index contributed by atoms with van der Waals surface area (Å²) in [7, 11) is 2.02. The third kappa shape index (κ3) is 2.58. The molecule has 1 atom stereocenters. The Morgan fingerprint density at radius 2 is 2.05 bits per heavy atom. The largest absolute Gasteiger partial charge is 0.370 e. The first-order valence-corrected chi connectivity index (χ1v) is 6.87. The average Bonchev–Trinajstić information content (AvgIpc) is 2.96. The molecule has 104 valence electrons. The number of rotatable bonds is 3. The van der Waals surface area contributed by atoms with Crippen LogP contribution in [0.1, 0.15) is 6.42 Å². The van der Waals surface area contributed by atoms with E-state index in [0.717, 1.165) is 24.3 Å². The van der Waals surface area contributed by atoms with Crippen molar-refractivity contribution >= 4 is 11.6 Å². The van der Waals surface area contributed by atoms with E-state index in [-0.39, 0.29) is 0 Å². The zero-order chi connectivity index (χ0) is 13.9. The molecule has 5 heteroatoms. The number of hydrogen-bond donors (Lipinski definition) is 2. The van der Waals surface area contributed by atoms with Crippen LogP contribution in [0.2, 0.25) is 0 Å². The van der Waals surface area contributed by atoms with Crippen molar-refractivity contribution in [1.29, 1.82) is 0 Å². The lowest BCUT2D eigenvalue weighted by Gasteiger charge is -2.18. The molecule has 3 N–H and O–H groups in total. The van der Waals surface area contributed by atoms with E-state index in [1.165, 1.54) is 12.1 Å². The van der Waals surface area contributed by atoms with Gasteiger partial charge in [-0.3, -0.25) is 0 Å². The molecule has 1 aliphatic rings. The van der Waals surface area contributed by atoms with Crippen LogP contribution in [-0.2, 0) is 0 Å². The number of nitrogen functional groups attached to an aromatic ring is 1. The number of anilines is 2. The Kier molecular flexibility index (Phi) is 3.52. The fourth-order valence-electron chi connectivity index (χ4n) is 2.61. The van der Waals surface area contributed by atoms with Gasteiger partial charge in [0.2, 0.25) is 5.95 Å². The molecule has 0 unspecified atom stereocenters. The minimum absolute atomic E-state index is 0.308. The van der Waals surface area contributed by atoms with E-state index in [0.29, 0.717) is 12.0 Å². The van der Waals surface area contributed by atoms with Crippen molar-refractivity contribution < 1.29 is 0 Å². The summed E-state index contributed by atoms with van der Waals surface area (Å²) in [6, 6.07) is 10.9. The fourth-order valence-corrected chi connectivity index (χ4v) is 2.61. The van der Waals surface area contributed by atoms with Gasteiger partial charge in [-0.05, 0) is 31.7 Å². The zero-order valence-corrected chi connectivity index (χ0v) is 11.6. The Morgan fingerprint density at radius 1 is 1.25 bits per heavy atom. The zero-order valence-electron chi connectivity index (χ0n) is 11.6. The third-order valence-electron chi connectivity index (χ3n) is 3.80. The van der Waals surface area contributed by atoms with Gasteiger partial charge in [0, 0.05) is 36.6 Å². The number of aromatic nitrogens is 2. The highest BCUT2D eigenvalue weighted by Crippen LogP contribution is 2.24. The molecule has 0 aliphatic carbocycles. The monoisotopic (exact) mass is 269 g/mol. The normalized spacial score (nSPS) is 18.4. The molecule has 2 heterocycles. The topological polar surface area (TPSA) is 67.1 Å². The van der Waals surface area contributed by atoms with Gasteiger partial charge >= 0.3 is 0 Å². The number of likely N-dealkylation sites (N-methyl/N-ethyl adjacent to an activating group) is 1. The molecule has 2 aromatic rings. The van der Waals surface area contributed by atoms with Crippen molar-refractivity contribution in [2.24, 2.45) is 0 Å². The van der Waals surface area contributed by atoms with Crippen molar-refractivity contribution in [3.63, 3.8) is 0 Å². The first-order chi connectivity index (χ1) is 9.76. The van der Waals surface area contributed by atoms with Crippen LogP contribution in [0.4, 0.5) is 11.6 Å². The third-order valence-corrected chi connectivity index (χ3v) is 3.80. The maximum absolute atomic E-state index is 5.62. The molecule has 0 radical (unpaired) electrons. The highest BCUT2D eigenvalue weighted by Gasteiger charge is 2.20. The smallest absolute Gasteiger partial charge is 0.220 e. The fraction of sp³-hybridized carbons (Fsp3) is 0.333. The Labute approximate surface area is 118 Å². The molecule has 0 spiro atoms. The van der Waals surface area contributed by atoms with Gasteiger partial charge in [-0.15, -0.1) is 0 Å². The highest BCUT2D eigenvalue weighted by atomic mass is 15.2. The van der Waals surface area contributed by atoms with Crippen LogP contribution in [0, 0.1) is 0 Å². The summed E-state index contributed by atoms with van der Waals surface area (Å²) in [5.74, 6) is 0.308. The van der Waals surface area contributed by atoms with E-state index in [1.54, 1.807) is 6.20 Å². The van der Waals surface area contributed by atoms with Gasteiger partial charge in [-0.2, -0.15) is 0 Å². The summed E-state index contributed by atoms with van der Waals surface area (Å²) >= 11 is 0. The van der Waals surface area contributed by atoms with Gasteiger partial charge < -0.3 is 16.0 Å². The van der Waals surface area contributed by atoms with Gasteiger partial charge in [0.1, 0.15) is 0 Å². The summed E-state index contributed by atoms with van der Waals surface area (Å²) in [5.41, 5.74) is 8.80. The Morgan fingerprint density at radius 3 is 2.70 bits per heavy atom. The first-order valence-electron chi connectivity index (χ1n) is 6.87. The van der Waals surface area contributed by atoms with Crippen molar-refractivity contribution in [2.45, 2.75) is 12.5 Å². The predicted octanol–water partition coefficient (Wildman–Crippen LogP) is 1.52. The number of benzene rings is 1. The van der Waals surface area contributed by atoms with E-state index in [9.17, 15) is 0 Å². The van der Waals surface area contributed by atoms with Gasteiger partial charge in [-0.1, -0.05) is 12.1 Å². The van der Waals surface area contributed by atoms with Crippen LogP contribution < -0.4 is 16.0 Å². The van der Waals surface area contributed by atoms with Crippen LogP contribution in [-0.4, -0.2) is 36.1 Å². The molecule has 0 amide bonds. The summed E-state index contributed by atoms with van der Waals surface area (Å²) in [6.07, 6.45) is 2.88. The highest BCUT2D eigenvalue weighted by molar-refractivity contribution is 5.63. The molecule has 1 aliphatic heterocycles. The maximum atomic E-state index is 5.62. The Bertz CT molecular complexity index is 581. The van der Waals surface area contributed by atoms with Crippen molar-refractivity contribution in [3.05, 3.63) is 36.5 Å². The Hall–Kier alpha value is -2.14. The summed E-state index contributed by atoms with van der Waals surface area (Å²) in [4.78, 5) is 10.6. The second kappa shape index (κ2) is 5.46. The molecule has 0 saturated carbocycles. The number of nitrogens with one attached hydrogen (secondary N) is 1. The van der Waals surface area contributed by atoms with Crippen LogP contribution in [0.25, 0.3) is 11.3 Å². The lowest BCUT2D eigenvalue weighted by Crippen LogP contribution is -2.29. The van der Waals surface area contributed by atoms with Crippen LogP contribution >= 0.6 is 0 Å². The molecule has 1 saturated heterocycles. The van der Waals surface area contributed by atoms with Gasteiger partial charge in [0.25, 0.3) is 0 Å². The quantitative estimate of drug-likeness (QED) is 0.884. The minimum atomic E-state index is 0.308. The SMILES string of the molecule is CN[C@H]1CCN(c2ccc(-c3ccnc(N)n3)cc2)C1. The predicted molar refractivity (Wildman–Crippen MR) is 81.6 cm³/mol. The van der Waals surface area contributed by atoms with E-state index >= 15 is 0 Å². The van der Waals surface area contributed by atoms with Gasteiger partial charge in [0.05, 0.1) is 5.69 Å². The first kappa shape index (κ1) is 12.9. The van der Waals surface area contributed by atoms with Crippen molar-refractivity contribution in [2.75, 3.05) is 30.8 Å². The van der Waals surface area contributed by atoms with Crippen LogP contribution in [0.15, 0.2) is 36.5 Å². The standard InChI is InChI=1S/C15H19N5/c1-17-12-7-9-20(10-12)13-4-2-11(3-5-13)14-6-8-18-15(16)19-14/h2-6,8,12,17H,7,9-10H2,1H3,(H2,16,18,19)/t12-/m0/s1. The van der Waals surface area contributed by atoms with Gasteiger partial charge in [0.15, 0.2) is 0 Å². The summed E-state index contributed by atoms with van der Waals surface area (Å²) in [6.45, 7) is 2.17. The molecule has 1 fully saturated rings. The molecule has 1 aromatic heterocycles. The molecule has 5 nitrogen and oxygen atoms in total. The van der Waals surface area contributed by atoms with E-state index < -0.39 is 0 Å². The number of nitrogens with zero attached hydrogens (tertiary/aromatic N) is 3. The van der Waals surface area contributed by atoms with E-state index in [4.69, 9.17) is 5.73 Å². The minimum Gasteiger partial charge on any atom is -0.370 e. The number of hydrogen-bond acceptors (Lipinski definition) is 5. The molecular formula is C15H19N5. The molecule has 3 rings (SSSR count). The van der Waals surface area contributed by atoms with E-state index in [2.05, 4.69) is 44.5 Å². The van der Waals surface area contributed by atoms with Gasteiger partial charge in [-0.25, -0.2) is 9.97 Å². The molecule has 20 heavy (non-hydrogen) atoms. The average molecular weight is 269 g/mol. The Balaban J connectivity index is 1.78. The van der Waals surface area contributed by atoms with Crippen molar-refractivity contribution in [3.8, 4) is 11.3 Å². The van der Waals surface area contributed by atoms with Crippen molar-refractivity contribution in [1.82, 2.24) is 15.3 Å². The number of nitrogens with two attached hydrogens (primary N) is 1. The van der Waals surface area contributed by atoms with Crippen LogP contribution in [0.3, 0.4) is 0 Å². The summed E-state index contributed by atoms with van der Waals surface area (Å²) < 4.78 is 0. The van der Waals surface area contributed by atoms with Crippen LogP contribution in [0.5, 0.6) is 0 Å². The molecular weight excluding hydrogens is 250 g/mol.